The Hall–Kier alpha value is -1.84. The Bertz CT molecular complexity index is 540. The van der Waals surface area contributed by atoms with Crippen LogP contribution in [0.1, 0.15) is 30.5 Å². The van der Waals surface area contributed by atoms with Crippen LogP contribution < -0.4 is 11.1 Å². The molecule has 0 saturated carbocycles. The summed E-state index contributed by atoms with van der Waals surface area (Å²) in [5, 5.41) is 13.2. The van der Waals surface area contributed by atoms with Crippen molar-refractivity contribution in [2.75, 3.05) is 12.3 Å². The maximum Gasteiger partial charge on any atom is 0.0530 e. The van der Waals surface area contributed by atoms with Gasteiger partial charge in [0.2, 0.25) is 0 Å². The molecule has 2 rings (SSSR count). The van der Waals surface area contributed by atoms with Gasteiger partial charge in [0.15, 0.2) is 0 Å². The van der Waals surface area contributed by atoms with Crippen LogP contribution in [0.25, 0.3) is 0 Å². The van der Waals surface area contributed by atoms with Gasteiger partial charge in [-0.25, -0.2) is 0 Å². The van der Waals surface area contributed by atoms with Gasteiger partial charge in [-0.1, -0.05) is 42.5 Å². The van der Waals surface area contributed by atoms with Crippen LogP contribution in [0.15, 0.2) is 54.6 Å². The number of nitrogens with two attached hydrogens (primary N) is 1. The summed E-state index contributed by atoms with van der Waals surface area (Å²) in [5.41, 5.74) is 9.04. The van der Waals surface area contributed by atoms with E-state index in [9.17, 15) is 5.11 Å². The van der Waals surface area contributed by atoms with Gasteiger partial charge >= 0.3 is 0 Å². The van der Waals surface area contributed by atoms with Gasteiger partial charge in [-0.3, -0.25) is 0 Å². The first-order valence-corrected chi connectivity index (χ1v) is 7.46. The number of rotatable bonds is 7. The topological polar surface area (TPSA) is 58.3 Å². The first-order valence-electron chi connectivity index (χ1n) is 7.46. The van der Waals surface area contributed by atoms with Gasteiger partial charge in [0.1, 0.15) is 0 Å². The van der Waals surface area contributed by atoms with E-state index in [1.165, 1.54) is 11.1 Å². The van der Waals surface area contributed by atoms with Crippen LogP contribution in [0.3, 0.4) is 0 Å². The predicted octanol–water partition coefficient (Wildman–Crippen LogP) is 2.91. The minimum atomic E-state index is -0.324. The maximum absolute atomic E-state index is 9.68. The van der Waals surface area contributed by atoms with Crippen LogP contribution in [-0.2, 0) is 6.42 Å². The Morgan fingerprint density at radius 2 is 1.86 bits per heavy atom. The molecule has 0 spiro atoms. The minimum Gasteiger partial charge on any atom is -0.399 e. The van der Waals surface area contributed by atoms with Gasteiger partial charge in [-0.15, -0.1) is 0 Å². The number of aliphatic hydroxyl groups is 1. The van der Waals surface area contributed by atoms with Crippen molar-refractivity contribution in [2.24, 2.45) is 0 Å². The predicted molar refractivity (Wildman–Crippen MR) is 88.0 cm³/mol. The molecule has 4 N–H and O–H groups in total. The molecular formula is C18H24N2O. The van der Waals surface area contributed by atoms with Gasteiger partial charge in [-0.05, 0) is 49.6 Å². The van der Waals surface area contributed by atoms with Gasteiger partial charge in [0.05, 0.1) is 6.10 Å². The van der Waals surface area contributed by atoms with Crippen LogP contribution in [0.4, 0.5) is 5.69 Å². The fourth-order valence-electron chi connectivity index (χ4n) is 2.50. The zero-order valence-electron chi connectivity index (χ0n) is 12.5. The fourth-order valence-corrected chi connectivity index (χ4v) is 2.50. The van der Waals surface area contributed by atoms with Crippen LogP contribution >= 0.6 is 0 Å². The Morgan fingerprint density at radius 3 is 2.52 bits per heavy atom. The summed E-state index contributed by atoms with van der Waals surface area (Å²) in [5.74, 6) is 0. The van der Waals surface area contributed by atoms with E-state index in [-0.39, 0.29) is 12.1 Å². The highest BCUT2D eigenvalue weighted by molar-refractivity contribution is 5.40. The van der Waals surface area contributed by atoms with Gasteiger partial charge in [0.25, 0.3) is 0 Å². The van der Waals surface area contributed by atoms with Gasteiger partial charge in [0, 0.05) is 11.7 Å². The molecule has 0 fully saturated rings. The molecule has 0 radical (unpaired) electrons. The fraction of sp³-hybridized carbons (Fsp3) is 0.333. The van der Waals surface area contributed by atoms with E-state index in [1.54, 1.807) is 0 Å². The van der Waals surface area contributed by atoms with E-state index < -0.39 is 0 Å². The lowest BCUT2D eigenvalue weighted by atomic mass is 10.0. The molecule has 2 atom stereocenters. The normalized spacial score (nSPS) is 13.8. The Kier molecular flexibility index (Phi) is 5.78. The summed E-state index contributed by atoms with van der Waals surface area (Å²) in [6, 6.07) is 18.4. The van der Waals surface area contributed by atoms with E-state index >= 15 is 0 Å². The van der Waals surface area contributed by atoms with E-state index in [0.29, 0.717) is 6.42 Å². The third-order valence-corrected chi connectivity index (χ3v) is 3.53. The van der Waals surface area contributed by atoms with Gasteiger partial charge < -0.3 is 16.2 Å². The number of nitrogens with one attached hydrogen (secondary N) is 1. The molecule has 3 nitrogen and oxygen atoms in total. The van der Waals surface area contributed by atoms with Crippen LogP contribution in [0.5, 0.6) is 0 Å². The molecule has 0 saturated heterocycles. The summed E-state index contributed by atoms with van der Waals surface area (Å²) in [6.07, 6.45) is 1.31. The zero-order valence-corrected chi connectivity index (χ0v) is 12.5. The molecule has 0 aliphatic heterocycles. The van der Waals surface area contributed by atoms with E-state index in [2.05, 4.69) is 23.5 Å². The summed E-state index contributed by atoms with van der Waals surface area (Å²) in [7, 11) is 0. The standard InChI is InChI=1S/C18H24N2O/c1-14(21)12-18(16-7-3-2-4-8-16)20-11-10-15-6-5-9-17(19)13-15/h2-9,13-14,18,20-21H,10-12,19H2,1H3. The Labute approximate surface area is 126 Å². The summed E-state index contributed by atoms with van der Waals surface area (Å²) < 4.78 is 0. The molecule has 2 aromatic rings. The highest BCUT2D eigenvalue weighted by atomic mass is 16.3. The third-order valence-electron chi connectivity index (χ3n) is 3.53. The molecule has 0 amide bonds. The van der Waals surface area contributed by atoms with Crippen molar-refractivity contribution in [2.45, 2.75) is 31.9 Å². The summed E-state index contributed by atoms with van der Waals surface area (Å²) >= 11 is 0. The van der Waals surface area contributed by atoms with Crippen LogP contribution in [-0.4, -0.2) is 17.8 Å². The number of aliphatic hydroxyl groups excluding tert-OH is 1. The number of nitrogen functional groups attached to an aromatic ring is 1. The first kappa shape index (κ1) is 15.5. The van der Waals surface area contributed by atoms with E-state index in [1.807, 2.05) is 43.3 Å². The molecule has 0 bridgehead atoms. The number of anilines is 1. The van der Waals surface area contributed by atoms with Crippen molar-refractivity contribution in [1.29, 1.82) is 0 Å². The molecule has 21 heavy (non-hydrogen) atoms. The zero-order chi connectivity index (χ0) is 15.1. The molecule has 0 heterocycles. The van der Waals surface area contributed by atoms with Crippen LogP contribution in [0.2, 0.25) is 0 Å². The van der Waals surface area contributed by atoms with Gasteiger partial charge in [-0.2, -0.15) is 0 Å². The molecule has 3 heteroatoms. The molecule has 112 valence electrons. The van der Waals surface area contributed by atoms with Crippen molar-refractivity contribution < 1.29 is 5.11 Å². The summed E-state index contributed by atoms with van der Waals surface area (Å²) in [4.78, 5) is 0. The molecule has 0 aliphatic rings. The molecule has 2 unspecified atom stereocenters. The average molecular weight is 284 g/mol. The minimum absolute atomic E-state index is 0.173. The monoisotopic (exact) mass is 284 g/mol. The van der Waals surface area contributed by atoms with Crippen molar-refractivity contribution in [3.05, 3.63) is 65.7 Å². The largest absolute Gasteiger partial charge is 0.399 e. The average Bonchev–Trinajstić information content (AvgIpc) is 2.47. The number of benzene rings is 2. The SMILES string of the molecule is CC(O)CC(NCCc1cccc(N)c1)c1ccccc1. The smallest absolute Gasteiger partial charge is 0.0530 e. The number of hydrogen-bond donors (Lipinski definition) is 3. The third kappa shape index (κ3) is 5.21. The summed E-state index contributed by atoms with van der Waals surface area (Å²) in [6.45, 7) is 2.69. The van der Waals surface area contributed by atoms with E-state index in [4.69, 9.17) is 5.73 Å². The molecule has 0 aromatic heterocycles. The number of hydrogen-bond acceptors (Lipinski definition) is 3. The van der Waals surface area contributed by atoms with Crippen molar-refractivity contribution in [3.63, 3.8) is 0 Å². The lowest BCUT2D eigenvalue weighted by molar-refractivity contribution is 0.168. The van der Waals surface area contributed by atoms with Crippen LogP contribution in [0, 0.1) is 0 Å². The lowest BCUT2D eigenvalue weighted by Gasteiger charge is -2.21. The first-order chi connectivity index (χ1) is 10.1. The highest BCUT2D eigenvalue weighted by Crippen LogP contribution is 2.18. The lowest BCUT2D eigenvalue weighted by Crippen LogP contribution is -2.26. The molecule has 0 aliphatic carbocycles. The molecular weight excluding hydrogens is 260 g/mol. The Morgan fingerprint density at radius 1 is 1.10 bits per heavy atom. The van der Waals surface area contributed by atoms with Crippen molar-refractivity contribution in [1.82, 2.24) is 5.32 Å². The van der Waals surface area contributed by atoms with Crippen molar-refractivity contribution in [3.8, 4) is 0 Å². The second-order valence-corrected chi connectivity index (χ2v) is 5.50. The molecule has 2 aromatic carbocycles. The second kappa shape index (κ2) is 7.81. The highest BCUT2D eigenvalue weighted by Gasteiger charge is 2.13. The Balaban J connectivity index is 1.93. The second-order valence-electron chi connectivity index (χ2n) is 5.50. The van der Waals surface area contributed by atoms with Crippen molar-refractivity contribution >= 4 is 5.69 Å². The van der Waals surface area contributed by atoms with E-state index in [0.717, 1.165) is 18.7 Å². The quantitative estimate of drug-likeness (QED) is 0.685. The maximum atomic E-state index is 9.68.